The summed E-state index contributed by atoms with van der Waals surface area (Å²) in [7, 11) is 1.62. The molecular formula is C20H33N3O2. The van der Waals surface area contributed by atoms with Crippen LogP contribution in [0.3, 0.4) is 0 Å². The van der Waals surface area contributed by atoms with Crippen molar-refractivity contribution >= 4 is 0 Å². The normalized spacial score (nSPS) is 24.6. The second kappa shape index (κ2) is 8.88. The van der Waals surface area contributed by atoms with Crippen LogP contribution in [0.25, 0.3) is 0 Å². The minimum atomic E-state index is 0.216. The van der Waals surface area contributed by atoms with E-state index in [1.165, 1.54) is 44.3 Å². The molecule has 2 N–H and O–H groups in total. The van der Waals surface area contributed by atoms with Gasteiger partial charge in [0.05, 0.1) is 7.11 Å². The van der Waals surface area contributed by atoms with Gasteiger partial charge in [-0.1, -0.05) is 18.9 Å². The summed E-state index contributed by atoms with van der Waals surface area (Å²) in [4.78, 5) is 5.25. The Kier molecular flexibility index (Phi) is 6.57. The number of methoxy groups -OCH3 is 1. The van der Waals surface area contributed by atoms with Gasteiger partial charge in [-0.25, -0.2) is 0 Å². The summed E-state index contributed by atoms with van der Waals surface area (Å²) in [6.07, 6.45) is 5.34. The van der Waals surface area contributed by atoms with Crippen LogP contribution in [0.1, 0.15) is 44.2 Å². The highest BCUT2D eigenvalue weighted by atomic mass is 16.5. The molecule has 1 aromatic carbocycles. The zero-order valence-corrected chi connectivity index (χ0v) is 15.7. The summed E-state index contributed by atoms with van der Waals surface area (Å²) < 4.78 is 5.37. The maximum atomic E-state index is 9.98. The fourth-order valence-corrected chi connectivity index (χ4v) is 4.19. The fourth-order valence-electron chi connectivity index (χ4n) is 4.19. The number of nitrogens with zero attached hydrogens (tertiary/aromatic N) is 2. The molecular weight excluding hydrogens is 314 g/mol. The molecule has 3 rings (SSSR count). The van der Waals surface area contributed by atoms with Crippen molar-refractivity contribution < 1.29 is 9.84 Å². The summed E-state index contributed by atoms with van der Waals surface area (Å²) in [5.74, 6) is 0.786. The standard InChI is InChI=1S/C20H33N3O2/c1-16-14-21-9-12-23(16)18(15-22-10-5-3-4-6-11-22)17-7-8-19(24)20(13-17)25-2/h7-8,13,16,18,21,24H,3-6,9-12,14-15H2,1-2H3. The van der Waals surface area contributed by atoms with Crippen LogP contribution in [-0.2, 0) is 0 Å². The summed E-state index contributed by atoms with van der Waals surface area (Å²) in [6, 6.07) is 6.70. The summed E-state index contributed by atoms with van der Waals surface area (Å²) in [6.45, 7) is 8.89. The quantitative estimate of drug-likeness (QED) is 0.857. The Bertz CT molecular complexity index is 544. The number of aromatic hydroxyl groups is 1. The molecule has 25 heavy (non-hydrogen) atoms. The van der Waals surface area contributed by atoms with E-state index in [0.717, 1.165) is 26.2 Å². The molecule has 2 aliphatic rings. The Morgan fingerprint density at radius 1 is 1.20 bits per heavy atom. The highest BCUT2D eigenvalue weighted by Crippen LogP contribution is 2.33. The van der Waals surface area contributed by atoms with E-state index in [4.69, 9.17) is 4.74 Å². The SMILES string of the molecule is COc1cc(C(CN2CCCCCC2)N2CCNCC2C)ccc1O. The molecule has 2 heterocycles. The first-order chi connectivity index (χ1) is 12.2. The van der Waals surface area contributed by atoms with Crippen molar-refractivity contribution in [2.75, 3.05) is 46.4 Å². The third kappa shape index (κ3) is 4.66. The smallest absolute Gasteiger partial charge is 0.160 e. The molecule has 0 spiro atoms. The van der Waals surface area contributed by atoms with Crippen LogP contribution in [-0.4, -0.2) is 67.3 Å². The number of phenolic OH excluding ortho intramolecular Hbond substituents is 1. The van der Waals surface area contributed by atoms with Gasteiger partial charge in [0.15, 0.2) is 11.5 Å². The lowest BCUT2D eigenvalue weighted by Crippen LogP contribution is -2.53. The molecule has 0 saturated carbocycles. The van der Waals surface area contributed by atoms with E-state index in [-0.39, 0.29) is 5.75 Å². The molecule has 0 radical (unpaired) electrons. The topological polar surface area (TPSA) is 48.0 Å². The van der Waals surface area contributed by atoms with Crippen LogP contribution < -0.4 is 10.1 Å². The summed E-state index contributed by atoms with van der Waals surface area (Å²) in [5.41, 5.74) is 1.24. The van der Waals surface area contributed by atoms with E-state index < -0.39 is 0 Å². The maximum Gasteiger partial charge on any atom is 0.160 e. The monoisotopic (exact) mass is 347 g/mol. The van der Waals surface area contributed by atoms with E-state index in [9.17, 15) is 5.11 Å². The number of hydrogen-bond donors (Lipinski definition) is 2. The van der Waals surface area contributed by atoms with Crippen molar-refractivity contribution in [1.82, 2.24) is 15.1 Å². The lowest BCUT2D eigenvalue weighted by Gasteiger charge is -2.42. The Morgan fingerprint density at radius 2 is 1.96 bits per heavy atom. The predicted octanol–water partition coefficient (Wildman–Crippen LogP) is 2.61. The van der Waals surface area contributed by atoms with Crippen molar-refractivity contribution in [2.24, 2.45) is 0 Å². The average molecular weight is 348 g/mol. The molecule has 140 valence electrons. The van der Waals surface area contributed by atoms with Gasteiger partial charge in [0.2, 0.25) is 0 Å². The highest BCUT2D eigenvalue weighted by molar-refractivity contribution is 5.43. The molecule has 5 nitrogen and oxygen atoms in total. The molecule has 2 unspecified atom stereocenters. The first kappa shape index (κ1) is 18.5. The maximum absolute atomic E-state index is 9.98. The number of benzene rings is 1. The van der Waals surface area contributed by atoms with Gasteiger partial charge in [0.1, 0.15) is 0 Å². The third-order valence-corrected chi connectivity index (χ3v) is 5.67. The first-order valence-corrected chi connectivity index (χ1v) is 9.74. The second-order valence-electron chi connectivity index (χ2n) is 7.45. The van der Waals surface area contributed by atoms with E-state index in [2.05, 4.69) is 28.1 Å². The van der Waals surface area contributed by atoms with E-state index in [0.29, 0.717) is 17.8 Å². The van der Waals surface area contributed by atoms with E-state index >= 15 is 0 Å². The number of rotatable bonds is 5. The van der Waals surface area contributed by atoms with Crippen LogP contribution in [0.5, 0.6) is 11.5 Å². The number of ether oxygens (including phenoxy) is 1. The zero-order valence-electron chi connectivity index (χ0n) is 15.7. The molecule has 0 aromatic heterocycles. The zero-order chi connectivity index (χ0) is 17.6. The molecule has 2 atom stereocenters. The minimum Gasteiger partial charge on any atom is -0.504 e. The number of phenols is 1. The number of piperazine rings is 1. The van der Waals surface area contributed by atoms with Crippen LogP contribution in [0.2, 0.25) is 0 Å². The van der Waals surface area contributed by atoms with Gasteiger partial charge in [-0.3, -0.25) is 4.90 Å². The molecule has 0 amide bonds. The summed E-state index contributed by atoms with van der Waals surface area (Å²) in [5, 5.41) is 13.5. The van der Waals surface area contributed by atoms with Crippen LogP contribution in [0.15, 0.2) is 18.2 Å². The molecule has 2 fully saturated rings. The van der Waals surface area contributed by atoms with Gasteiger partial charge in [-0.2, -0.15) is 0 Å². The van der Waals surface area contributed by atoms with Gasteiger partial charge < -0.3 is 20.1 Å². The Labute approximate surface area is 152 Å². The van der Waals surface area contributed by atoms with Crippen LogP contribution in [0.4, 0.5) is 0 Å². The average Bonchev–Trinajstić information content (AvgIpc) is 2.90. The lowest BCUT2D eigenvalue weighted by molar-refractivity contribution is 0.0849. The van der Waals surface area contributed by atoms with Crippen molar-refractivity contribution in [3.05, 3.63) is 23.8 Å². The number of nitrogens with one attached hydrogen (secondary N) is 1. The Hall–Kier alpha value is -1.30. The van der Waals surface area contributed by atoms with Crippen molar-refractivity contribution in [3.8, 4) is 11.5 Å². The Morgan fingerprint density at radius 3 is 2.64 bits per heavy atom. The first-order valence-electron chi connectivity index (χ1n) is 9.74. The van der Waals surface area contributed by atoms with Gasteiger partial charge >= 0.3 is 0 Å². The van der Waals surface area contributed by atoms with Gasteiger partial charge in [-0.15, -0.1) is 0 Å². The highest BCUT2D eigenvalue weighted by Gasteiger charge is 2.29. The summed E-state index contributed by atoms with van der Waals surface area (Å²) >= 11 is 0. The minimum absolute atomic E-state index is 0.216. The molecule has 2 saturated heterocycles. The lowest BCUT2D eigenvalue weighted by atomic mass is 10.0. The molecule has 0 aliphatic carbocycles. The van der Waals surface area contributed by atoms with Crippen molar-refractivity contribution in [1.29, 1.82) is 0 Å². The third-order valence-electron chi connectivity index (χ3n) is 5.67. The largest absolute Gasteiger partial charge is 0.504 e. The molecule has 1 aromatic rings. The van der Waals surface area contributed by atoms with E-state index in [1.807, 2.05) is 6.07 Å². The molecule has 5 heteroatoms. The van der Waals surface area contributed by atoms with Gasteiger partial charge in [0, 0.05) is 38.3 Å². The van der Waals surface area contributed by atoms with Gasteiger partial charge in [0.25, 0.3) is 0 Å². The van der Waals surface area contributed by atoms with E-state index in [1.54, 1.807) is 13.2 Å². The fraction of sp³-hybridized carbons (Fsp3) is 0.700. The number of hydrogen-bond acceptors (Lipinski definition) is 5. The van der Waals surface area contributed by atoms with Gasteiger partial charge in [-0.05, 0) is 50.6 Å². The predicted molar refractivity (Wildman–Crippen MR) is 101 cm³/mol. The second-order valence-corrected chi connectivity index (χ2v) is 7.45. The number of likely N-dealkylation sites (tertiary alicyclic amines) is 1. The Balaban J connectivity index is 1.85. The van der Waals surface area contributed by atoms with Crippen molar-refractivity contribution in [3.63, 3.8) is 0 Å². The van der Waals surface area contributed by atoms with Crippen LogP contribution in [0, 0.1) is 0 Å². The van der Waals surface area contributed by atoms with Crippen LogP contribution >= 0.6 is 0 Å². The van der Waals surface area contributed by atoms with Crippen molar-refractivity contribution in [2.45, 2.75) is 44.7 Å². The molecule has 0 bridgehead atoms. The molecule has 2 aliphatic heterocycles.